The third-order valence-corrected chi connectivity index (χ3v) is 6.77. The lowest BCUT2D eigenvalue weighted by molar-refractivity contribution is -0.128. The van der Waals surface area contributed by atoms with Gasteiger partial charge in [0.05, 0.1) is 0 Å². The molecule has 2 bridgehead atoms. The van der Waals surface area contributed by atoms with Crippen molar-refractivity contribution < 1.29 is 9.59 Å². The minimum absolute atomic E-state index is 0.0255. The van der Waals surface area contributed by atoms with E-state index < -0.39 is 0 Å². The quantitative estimate of drug-likeness (QED) is 0.498. The molecule has 2 fully saturated rings. The fourth-order valence-electron chi connectivity index (χ4n) is 4.34. The van der Waals surface area contributed by atoms with Crippen LogP contribution in [0.3, 0.4) is 0 Å². The topological polar surface area (TPSA) is 34.1 Å². The number of hydrogen-bond acceptors (Lipinski definition) is 2. The number of allylic oxidation sites excluding steroid dienone is 1. The molecular formula is C25H28O2. The molecule has 2 aliphatic rings. The van der Waals surface area contributed by atoms with Gasteiger partial charge in [0, 0.05) is 17.4 Å². The maximum atomic E-state index is 11.7. The monoisotopic (exact) mass is 360 g/mol. The molecule has 0 aromatic heterocycles. The van der Waals surface area contributed by atoms with E-state index >= 15 is 0 Å². The highest BCUT2D eigenvalue weighted by atomic mass is 16.1. The van der Waals surface area contributed by atoms with Gasteiger partial charge < -0.3 is 0 Å². The van der Waals surface area contributed by atoms with Crippen LogP contribution in [-0.4, -0.2) is 11.6 Å². The summed E-state index contributed by atoms with van der Waals surface area (Å²) in [5.74, 6) is 1.23. The summed E-state index contributed by atoms with van der Waals surface area (Å²) in [7, 11) is 0. The zero-order valence-electron chi connectivity index (χ0n) is 16.4. The van der Waals surface area contributed by atoms with Crippen molar-refractivity contribution in [1.82, 2.24) is 0 Å². The van der Waals surface area contributed by atoms with Crippen LogP contribution in [0, 0.1) is 16.7 Å². The summed E-state index contributed by atoms with van der Waals surface area (Å²) in [5, 5.41) is 0. The summed E-state index contributed by atoms with van der Waals surface area (Å²) >= 11 is 0. The molecule has 27 heavy (non-hydrogen) atoms. The number of rotatable bonds is 3. The van der Waals surface area contributed by atoms with E-state index in [-0.39, 0.29) is 16.6 Å². The van der Waals surface area contributed by atoms with Gasteiger partial charge >= 0.3 is 0 Å². The van der Waals surface area contributed by atoms with Crippen LogP contribution < -0.4 is 0 Å². The van der Waals surface area contributed by atoms with Crippen LogP contribution in [0.1, 0.15) is 56.0 Å². The minimum Gasteiger partial charge on any atom is -0.299 e. The Morgan fingerprint density at radius 1 is 0.963 bits per heavy atom. The molecule has 2 aromatic rings. The summed E-state index contributed by atoms with van der Waals surface area (Å²) in [6.07, 6.45) is 6.68. The number of Topliss-reactive ketones (excluding diaryl/α,β-unsaturated/α-hetero) is 1. The molecule has 2 heteroatoms. The number of benzene rings is 2. The number of carbonyl (C=O) groups excluding carboxylic acids is 2. The maximum Gasteiger partial charge on any atom is 0.185 e. The predicted molar refractivity (Wildman–Crippen MR) is 110 cm³/mol. The number of carbonyl (C=O) groups is 2. The van der Waals surface area contributed by atoms with Crippen molar-refractivity contribution in [1.29, 1.82) is 0 Å². The molecule has 2 unspecified atom stereocenters. The fraction of sp³-hybridized carbons (Fsp3) is 0.360. The first kappa shape index (κ1) is 19.3. The molecule has 0 spiro atoms. The third kappa shape index (κ3) is 3.80. The van der Waals surface area contributed by atoms with E-state index in [0.717, 1.165) is 24.0 Å². The average molecular weight is 360 g/mol. The highest BCUT2D eigenvalue weighted by Gasteiger charge is 2.61. The normalized spacial score (nSPS) is 25.3. The van der Waals surface area contributed by atoms with Crippen molar-refractivity contribution in [2.75, 3.05) is 0 Å². The smallest absolute Gasteiger partial charge is 0.185 e. The molecule has 2 atom stereocenters. The Labute approximate surface area is 162 Å². The van der Waals surface area contributed by atoms with E-state index in [1.165, 1.54) is 6.42 Å². The Morgan fingerprint density at radius 3 is 2.00 bits per heavy atom. The van der Waals surface area contributed by atoms with Crippen molar-refractivity contribution in [3.63, 3.8) is 0 Å². The first-order chi connectivity index (χ1) is 12.8. The molecule has 0 radical (unpaired) electrons. The van der Waals surface area contributed by atoms with Crippen LogP contribution >= 0.6 is 0 Å². The van der Waals surface area contributed by atoms with Crippen LogP contribution in [0.15, 0.2) is 66.7 Å². The van der Waals surface area contributed by atoms with Gasteiger partial charge in [-0.2, -0.15) is 0 Å². The number of ketones is 2. The first-order valence-corrected chi connectivity index (χ1v) is 9.70. The van der Waals surface area contributed by atoms with E-state index in [4.69, 9.17) is 0 Å². The van der Waals surface area contributed by atoms with Gasteiger partial charge in [-0.1, -0.05) is 87.5 Å². The maximum absolute atomic E-state index is 11.7. The van der Waals surface area contributed by atoms with E-state index in [0.29, 0.717) is 11.7 Å². The molecule has 0 heterocycles. The van der Waals surface area contributed by atoms with E-state index in [1.54, 1.807) is 6.08 Å². The van der Waals surface area contributed by atoms with Crippen LogP contribution in [0.2, 0.25) is 0 Å². The van der Waals surface area contributed by atoms with Crippen molar-refractivity contribution >= 4 is 17.6 Å². The third-order valence-electron chi connectivity index (χ3n) is 6.77. The van der Waals surface area contributed by atoms with Gasteiger partial charge in [0.1, 0.15) is 5.78 Å². The summed E-state index contributed by atoms with van der Waals surface area (Å²) in [6, 6.07) is 19.1. The Hall–Kier alpha value is -2.48. The average Bonchev–Trinajstić information content (AvgIpc) is 3.01. The molecule has 2 aliphatic carbocycles. The molecule has 2 aromatic carbocycles. The summed E-state index contributed by atoms with van der Waals surface area (Å²) < 4.78 is 0. The molecule has 140 valence electrons. The van der Waals surface area contributed by atoms with Gasteiger partial charge in [0.15, 0.2) is 5.78 Å². The Kier molecular flexibility index (Phi) is 5.46. The molecule has 2 nitrogen and oxygen atoms in total. The summed E-state index contributed by atoms with van der Waals surface area (Å²) in [4.78, 5) is 23.3. The van der Waals surface area contributed by atoms with Crippen molar-refractivity contribution in [3.8, 4) is 0 Å². The van der Waals surface area contributed by atoms with Crippen LogP contribution in [0.25, 0.3) is 6.08 Å². The van der Waals surface area contributed by atoms with Crippen LogP contribution in [0.4, 0.5) is 0 Å². The van der Waals surface area contributed by atoms with E-state index in [1.807, 2.05) is 66.7 Å². The van der Waals surface area contributed by atoms with E-state index in [2.05, 4.69) is 20.8 Å². The van der Waals surface area contributed by atoms with Gasteiger partial charge in [0.2, 0.25) is 0 Å². The highest BCUT2D eigenvalue weighted by molar-refractivity contribution is 6.06. The van der Waals surface area contributed by atoms with Gasteiger partial charge in [0.25, 0.3) is 0 Å². The second-order valence-electron chi connectivity index (χ2n) is 8.39. The zero-order chi connectivity index (χ0) is 19.5. The van der Waals surface area contributed by atoms with Gasteiger partial charge in [-0.25, -0.2) is 0 Å². The standard InChI is InChI=1S/C15H12O.C10H16O/c16-15(14-9-5-2-6-10-14)12-11-13-7-3-1-4-8-13;1-9(2)7-4-5-10(9,3)8(11)6-7/h1-12H;7H,4-6H2,1-3H3. The van der Waals surface area contributed by atoms with Crippen LogP contribution in [-0.2, 0) is 4.79 Å². The SMILES string of the molecule is CC12CCC(CC1=O)C2(C)C.O=C(C=Cc1ccccc1)c1ccccc1. The second-order valence-corrected chi connectivity index (χ2v) is 8.39. The highest BCUT2D eigenvalue weighted by Crippen LogP contribution is 2.63. The second kappa shape index (κ2) is 7.64. The van der Waals surface area contributed by atoms with Crippen molar-refractivity contribution in [2.24, 2.45) is 16.7 Å². The number of hydrogen-bond donors (Lipinski definition) is 0. The molecule has 4 rings (SSSR count). The largest absolute Gasteiger partial charge is 0.299 e. The Balaban J connectivity index is 0.000000166. The molecular weight excluding hydrogens is 332 g/mol. The van der Waals surface area contributed by atoms with Gasteiger partial charge in [-0.05, 0) is 35.8 Å². The molecule has 0 saturated heterocycles. The van der Waals surface area contributed by atoms with Crippen molar-refractivity contribution in [2.45, 2.75) is 40.0 Å². The van der Waals surface area contributed by atoms with Crippen molar-refractivity contribution in [3.05, 3.63) is 77.9 Å². The lowest BCUT2D eigenvalue weighted by Crippen LogP contribution is -2.32. The fourth-order valence-corrected chi connectivity index (χ4v) is 4.34. The van der Waals surface area contributed by atoms with Gasteiger partial charge in [-0.15, -0.1) is 0 Å². The predicted octanol–water partition coefficient (Wildman–Crippen LogP) is 5.98. The molecule has 0 amide bonds. The van der Waals surface area contributed by atoms with Gasteiger partial charge in [-0.3, -0.25) is 9.59 Å². The van der Waals surface area contributed by atoms with E-state index in [9.17, 15) is 9.59 Å². The molecule has 0 N–H and O–H groups in total. The number of fused-ring (bicyclic) bond motifs is 2. The molecule has 2 saturated carbocycles. The first-order valence-electron chi connectivity index (χ1n) is 9.70. The Morgan fingerprint density at radius 2 is 1.56 bits per heavy atom. The summed E-state index contributed by atoms with van der Waals surface area (Å²) in [6.45, 7) is 6.67. The lowest BCUT2D eigenvalue weighted by atomic mass is 9.70. The Bertz CT molecular complexity index is 833. The lowest BCUT2D eigenvalue weighted by Gasteiger charge is -2.32. The zero-order valence-corrected chi connectivity index (χ0v) is 16.4. The van der Waals surface area contributed by atoms with Crippen LogP contribution in [0.5, 0.6) is 0 Å². The molecule has 0 aliphatic heterocycles. The summed E-state index contributed by atoms with van der Waals surface area (Å²) in [5.41, 5.74) is 2.06. The minimum atomic E-state index is 0.0255.